The van der Waals surface area contributed by atoms with Gasteiger partial charge in [-0.1, -0.05) is 81.4 Å². The lowest BCUT2D eigenvalue weighted by molar-refractivity contribution is -0.149. The van der Waals surface area contributed by atoms with Crippen LogP contribution in [0.5, 0.6) is 0 Å². The number of hydrogen-bond acceptors (Lipinski definition) is 5. The van der Waals surface area contributed by atoms with Gasteiger partial charge in [0, 0.05) is 25.1 Å². The highest BCUT2D eigenvalue weighted by Crippen LogP contribution is 2.40. The number of esters is 1. The first-order valence-electron chi connectivity index (χ1n) is 13.2. The third kappa shape index (κ3) is 6.44. The lowest BCUT2D eigenvalue weighted by Crippen LogP contribution is -2.68. The van der Waals surface area contributed by atoms with Crippen molar-refractivity contribution in [1.29, 1.82) is 0 Å². The van der Waals surface area contributed by atoms with Crippen LogP contribution in [0.15, 0.2) is 60.7 Å². The molecule has 37 heavy (non-hydrogen) atoms. The summed E-state index contributed by atoms with van der Waals surface area (Å²) >= 11 is 0. The fourth-order valence-electron chi connectivity index (χ4n) is 5.34. The molecule has 0 unspecified atom stereocenters. The normalized spacial score (nSPS) is 19.4. The third-order valence-corrected chi connectivity index (χ3v) is 12.1. The Morgan fingerprint density at radius 3 is 1.86 bits per heavy atom. The molecule has 2 aromatic rings. The molecule has 0 radical (unpaired) electrons. The Labute approximate surface area is 223 Å². The fraction of sp³-hybridized carbons (Fsp3) is 0.533. The fourth-order valence-corrected chi connectivity index (χ4v) is 10.1. The van der Waals surface area contributed by atoms with Gasteiger partial charge in [0.25, 0.3) is 8.32 Å². The van der Waals surface area contributed by atoms with Crippen molar-refractivity contribution in [2.75, 3.05) is 19.7 Å². The van der Waals surface area contributed by atoms with E-state index in [-0.39, 0.29) is 29.6 Å². The Kier molecular flexibility index (Phi) is 8.91. The van der Waals surface area contributed by atoms with Crippen LogP contribution < -0.4 is 10.4 Å². The number of hydrogen-bond donors (Lipinski definition) is 0. The highest BCUT2D eigenvalue weighted by Gasteiger charge is 2.53. The Bertz CT molecular complexity index is 1010. The minimum atomic E-state index is -2.84. The first-order chi connectivity index (χ1) is 17.3. The summed E-state index contributed by atoms with van der Waals surface area (Å²) in [4.78, 5) is 27.7. The second kappa shape index (κ2) is 11.4. The summed E-state index contributed by atoms with van der Waals surface area (Å²) in [5, 5.41) is 2.15. The number of nitrogens with zero attached hydrogens (tertiary/aromatic N) is 1. The van der Waals surface area contributed by atoms with E-state index in [1.54, 1.807) is 11.8 Å². The summed E-state index contributed by atoms with van der Waals surface area (Å²) in [6, 6.07) is 20.9. The number of amides is 1. The van der Waals surface area contributed by atoms with Gasteiger partial charge >= 0.3 is 12.1 Å². The molecule has 0 aliphatic carbocycles. The van der Waals surface area contributed by atoms with Crippen LogP contribution in [0.1, 0.15) is 55.4 Å². The Hall–Kier alpha value is -2.64. The molecule has 1 amide bonds. The van der Waals surface area contributed by atoms with Crippen LogP contribution in [-0.4, -0.2) is 56.7 Å². The van der Waals surface area contributed by atoms with Crippen molar-refractivity contribution in [3.8, 4) is 0 Å². The number of benzene rings is 2. The molecule has 6 nitrogen and oxygen atoms in total. The van der Waals surface area contributed by atoms with E-state index in [9.17, 15) is 9.59 Å². The predicted octanol–water partition coefficient (Wildman–Crippen LogP) is 5.00. The molecule has 3 rings (SSSR count). The third-order valence-electron chi connectivity index (χ3n) is 6.99. The number of likely N-dealkylation sites (tertiary alicyclic amines) is 1. The summed E-state index contributed by atoms with van der Waals surface area (Å²) in [6.45, 7) is 17.0. The van der Waals surface area contributed by atoms with E-state index >= 15 is 0 Å². The topological polar surface area (TPSA) is 65.1 Å². The predicted molar refractivity (Wildman–Crippen MR) is 150 cm³/mol. The van der Waals surface area contributed by atoms with Crippen molar-refractivity contribution in [2.45, 2.75) is 72.1 Å². The van der Waals surface area contributed by atoms with Crippen molar-refractivity contribution < 1.29 is 23.5 Å². The van der Waals surface area contributed by atoms with Gasteiger partial charge in [-0.05, 0) is 50.0 Å². The minimum Gasteiger partial charge on any atom is -0.466 e. The van der Waals surface area contributed by atoms with Crippen molar-refractivity contribution in [3.63, 3.8) is 0 Å². The van der Waals surface area contributed by atoms with Crippen molar-refractivity contribution in [2.24, 2.45) is 11.8 Å². The molecule has 0 saturated carbocycles. The van der Waals surface area contributed by atoms with Gasteiger partial charge in [-0.25, -0.2) is 4.79 Å². The van der Waals surface area contributed by atoms with Gasteiger partial charge in [0.2, 0.25) is 0 Å². The standard InChI is InChI=1S/C30H43NO5Si/c1-9-34-27(32)26-21-31(28(33)35-29(3,4)5)20-25(26)22(2)36-37(30(6,7)8,23-16-12-10-13-17-23)24-18-14-11-15-19-24/h10-19,22,25-26H,9,20-21H2,1-8H3/t22-,25+,26-/m0/s1. The second-order valence-electron chi connectivity index (χ2n) is 11.9. The zero-order chi connectivity index (χ0) is 27.4. The zero-order valence-corrected chi connectivity index (χ0v) is 24.6. The highest BCUT2D eigenvalue weighted by molar-refractivity contribution is 6.99. The molecule has 2 aromatic carbocycles. The van der Waals surface area contributed by atoms with Crippen LogP contribution in [0.2, 0.25) is 5.04 Å². The monoisotopic (exact) mass is 525 g/mol. The number of ether oxygens (including phenoxy) is 2. The van der Waals surface area contributed by atoms with Crippen LogP contribution in [0.4, 0.5) is 4.79 Å². The summed E-state index contributed by atoms with van der Waals surface area (Å²) in [5.41, 5.74) is -0.619. The van der Waals surface area contributed by atoms with Gasteiger partial charge in [-0.2, -0.15) is 0 Å². The Morgan fingerprint density at radius 2 is 1.43 bits per heavy atom. The molecule has 1 saturated heterocycles. The SMILES string of the molecule is CCOC(=O)[C@H]1CN(C(=O)OC(C)(C)C)C[C@@H]1[C@H](C)O[Si](c1ccccc1)(c1ccccc1)C(C)(C)C. The smallest absolute Gasteiger partial charge is 0.410 e. The molecule has 1 aliphatic rings. The van der Waals surface area contributed by atoms with Crippen LogP contribution in [-0.2, 0) is 18.7 Å². The molecule has 0 spiro atoms. The molecular weight excluding hydrogens is 482 g/mol. The summed E-state index contributed by atoms with van der Waals surface area (Å²) in [6.07, 6.45) is -0.727. The quantitative estimate of drug-likeness (QED) is 0.376. The van der Waals surface area contributed by atoms with E-state index in [1.165, 1.54) is 10.4 Å². The first kappa shape index (κ1) is 28.9. The molecule has 3 atom stereocenters. The van der Waals surface area contributed by atoms with E-state index in [2.05, 4.69) is 69.3 Å². The highest BCUT2D eigenvalue weighted by atomic mass is 28.4. The average Bonchev–Trinajstić information content (AvgIpc) is 3.28. The van der Waals surface area contributed by atoms with Gasteiger partial charge in [-0.15, -0.1) is 0 Å². The largest absolute Gasteiger partial charge is 0.466 e. The summed E-state index contributed by atoms with van der Waals surface area (Å²) < 4.78 is 18.4. The number of carbonyl (C=O) groups excluding carboxylic acids is 2. The first-order valence-corrected chi connectivity index (χ1v) is 15.1. The molecule has 202 valence electrons. The molecule has 1 aliphatic heterocycles. The van der Waals surface area contributed by atoms with Gasteiger partial charge in [0.15, 0.2) is 0 Å². The second-order valence-corrected chi connectivity index (χ2v) is 16.1. The van der Waals surface area contributed by atoms with Gasteiger partial charge in [-0.3, -0.25) is 4.79 Å². The van der Waals surface area contributed by atoms with Gasteiger partial charge in [0.05, 0.1) is 12.5 Å². The van der Waals surface area contributed by atoms with E-state index in [1.807, 2.05) is 39.8 Å². The van der Waals surface area contributed by atoms with Crippen molar-refractivity contribution in [1.82, 2.24) is 4.90 Å². The van der Waals surface area contributed by atoms with Gasteiger partial charge < -0.3 is 18.8 Å². The lowest BCUT2D eigenvalue weighted by Gasteiger charge is -2.46. The maximum Gasteiger partial charge on any atom is 0.410 e. The minimum absolute atomic E-state index is 0.202. The summed E-state index contributed by atoms with van der Waals surface area (Å²) in [7, 11) is -2.84. The van der Waals surface area contributed by atoms with Crippen LogP contribution in [0, 0.1) is 11.8 Å². The molecule has 0 aromatic heterocycles. The molecule has 1 fully saturated rings. The Balaban J connectivity index is 2.03. The molecular formula is C30H43NO5Si. The van der Waals surface area contributed by atoms with Crippen LogP contribution >= 0.6 is 0 Å². The zero-order valence-electron chi connectivity index (χ0n) is 23.6. The van der Waals surface area contributed by atoms with E-state index in [0.29, 0.717) is 13.2 Å². The van der Waals surface area contributed by atoms with E-state index < -0.39 is 25.9 Å². The number of carbonyl (C=O) groups is 2. The van der Waals surface area contributed by atoms with E-state index in [4.69, 9.17) is 13.9 Å². The Morgan fingerprint density at radius 1 is 0.919 bits per heavy atom. The van der Waals surface area contributed by atoms with Crippen molar-refractivity contribution >= 4 is 30.8 Å². The summed E-state index contributed by atoms with van der Waals surface area (Å²) in [5.74, 6) is -1.01. The number of rotatable bonds is 7. The molecule has 7 heteroatoms. The van der Waals surface area contributed by atoms with Crippen LogP contribution in [0.25, 0.3) is 0 Å². The van der Waals surface area contributed by atoms with E-state index in [0.717, 1.165) is 0 Å². The maximum atomic E-state index is 13.1. The molecule has 0 bridgehead atoms. The van der Waals surface area contributed by atoms with Gasteiger partial charge in [0.1, 0.15) is 5.60 Å². The van der Waals surface area contributed by atoms with Crippen molar-refractivity contribution in [3.05, 3.63) is 60.7 Å². The van der Waals surface area contributed by atoms with Crippen LogP contribution in [0.3, 0.4) is 0 Å². The molecule has 1 heterocycles. The maximum absolute atomic E-state index is 13.1. The molecule has 0 N–H and O–H groups in total. The average molecular weight is 526 g/mol. The lowest BCUT2D eigenvalue weighted by atomic mass is 9.92.